The summed E-state index contributed by atoms with van der Waals surface area (Å²) in [4.78, 5) is 23.8. The summed E-state index contributed by atoms with van der Waals surface area (Å²) in [7, 11) is 1.31. The van der Waals surface area contributed by atoms with Crippen molar-refractivity contribution in [2.75, 3.05) is 26.0 Å². The number of carbonyl (C=O) groups is 2. The summed E-state index contributed by atoms with van der Waals surface area (Å²) in [6.07, 6.45) is 3.12. The highest BCUT2D eigenvalue weighted by Crippen LogP contribution is 2.44. The van der Waals surface area contributed by atoms with Crippen molar-refractivity contribution in [2.24, 2.45) is 0 Å². The number of hydrogen-bond donors (Lipinski definition) is 2. The number of fused-ring (bicyclic) bond motifs is 3. The Morgan fingerprint density at radius 3 is 2.28 bits per heavy atom. The summed E-state index contributed by atoms with van der Waals surface area (Å²) >= 11 is 0. The molecule has 0 aromatic heterocycles. The summed E-state index contributed by atoms with van der Waals surface area (Å²) in [5.74, 6) is -0.449. The average molecular weight is 428 g/mol. The van der Waals surface area contributed by atoms with E-state index in [-0.39, 0.29) is 12.5 Å². The largest absolute Gasteiger partial charge is 0.465 e. The van der Waals surface area contributed by atoms with Gasteiger partial charge in [0.25, 0.3) is 0 Å². The number of nitrogens with one attached hydrogen (secondary N) is 1. The Labute approximate surface area is 186 Å². The molecule has 162 valence electrons. The third kappa shape index (κ3) is 4.34. The number of esters is 1. The van der Waals surface area contributed by atoms with Gasteiger partial charge >= 0.3 is 12.1 Å². The smallest absolute Gasteiger partial charge is 0.407 e. The van der Waals surface area contributed by atoms with E-state index in [4.69, 9.17) is 10.5 Å². The van der Waals surface area contributed by atoms with Gasteiger partial charge in [0.1, 0.15) is 6.61 Å². The Morgan fingerprint density at radius 2 is 1.66 bits per heavy atom. The first-order valence-electron chi connectivity index (χ1n) is 10.3. The van der Waals surface area contributed by atoms with E-state index < -0.39 is 12.1 Å². The lowest BCUT2D eigenvalue weighted by molar-refractivity contribution is 0.0602. The SMILES string of the molecule is COC(=O)c1ccc(C=CCNC(=O)OCC2c3ccccc3-c3ccccc32)cc1N. The third-order valence-electron chi connectivity index (χ3n) is 5.50. The van der Waals surface area contributed by atoms with Crippen LogP contribution in [-0.4, -0.2) is 32.3 Å². The van der Waals surface area contributed by atoms with Crippen LogP contribution in [0.4, 0.5) is 10.5 Å². The van der Waals surface area contributed by atoms with Crippen molar-refractivity contribution in [3.63, 3.8) is 0 Å². The van der Waals surface area contributed by atoms with Gasteiger partial charge < -0.3 is 20.5 Å². The minimum Gasteiger partial charge on any atom is -0.465 e. The van der Waals surface area contributed by atoms with Crippen molar-refractivity contribution < 1.29 is 19.1 Å². The number of anilines is 1. The van der Waals surface area contributed by atoms with Crippen LogP contribution in [0.25, 0.3) is 17.2 Å². The summed E-state index contributed by atoms with van der Waals surface area (Å²) < 4.78 is 10.2. The molecule has 6 nitrogen and oxygen atoms in total. The monoisotopic (exact) mass is 428 g/mol. The Morgan fingerprint density at radius 1 is 1.00 bits per heavy atom. The molecule has 1 aliphatic carbocycles. The Balaban J connectivity index is 1.31. The Kier molecular flexibility index (Phi) is 6.22. The quantitative estimate of drug-likeness (QED) is 0.442. The van der Waals surface area contributed by atoms with Crippen LogP contribution < -0.4 is 11.1 Å². The lowest BCUT2D eigenvalue weighted by Crippen LogP contribution is -2.26. The van der Waals surface area contributed by atoms with E-state index >= 15 is 0 Å². The lowest BCUT2D eigenvalue weighted by Gasteiger charge is -2.14. The van der Waals surface area contributed by atoms with E-state index in [0.29, 0.717) is 17.8 Å². The third-order valence-corrected chi connectivity index (χ3v) is 5.50. The number of carbonyl (C=O) groups excluding carboxylic acids is 2. The number of hydrogen-bond acceptors (Lipinski definition) is 5. The number of alkyl carbamates (subject to hydrolysis) is 1. The second-order valence-corrected chi connectivity index (χ2v) is 7.45. The first kappa shape index (κ1) is 21.2. The van der Waals surface area contributed by atoms with Gasteiger partial charge in [-0.2, -0.15) is 0 Å². The number of nitrogens with two attached hydrogens (primary N) is 1. The molecule has 0 saturated heterocycles. The number of methoxy groups -OCH3 is 1. The van der Waals surface area contributed by atoms with Crippen molar-refractivity contribution in [3.05, 3.63) is 95.1 Å². The van der Waals surface area contributed by atoms with Gasteiger partial charge in [-0.25, -0.2) is 9.59 Å². The van der Waals surface area contributed by atoms with E-state index in [2.05, 4.69) is 34.3 Å². The number of ether oxygens (including phenoxy) is 2. The molecule has 0 radical (unpaired) electrons. The van der Waals surface area contributed by atoms with Crippen LogP contribution in [-0.2, 0) is 9.47 Å². The van der Waals surface area contributed by atoms with Crippen molar-refractivity contribution in [1.82, 2.24) is 5.32 Å². The molecule has 6 heteroatoms. The highest BCUT2D eigenvalue weighted by Gasteiger charge is 2.28. The van der Waals surface area contributed by atoms with Crippen LogP contribution in [0.15, 0.2) is 72.8 Å². The molecular formula is C26H24N2O4. The molecule has 0 bridgehead atoms. The average Bonchev–Trinajstić information content (AvgIpc) is 3.14. The molecule has 1 aliphatic rings. The maximum absolute atomic E-state index is 12.2. The van der Waals surface area contributed by atoms with E-state index in [1.807, 2.05) is 24.3 Å². The second kappa shape index (κ2) is 9.39. The predicted molar refractivity (Wildman–Crippen MR) is 124 cm³/mol. The minimum atomic E-state index is -0.477. The van der Waals surface area contributed by atoms with Gasteiger partial charge in [0.2, 0.25) is 0 Å². The second-order valence-electron chi connectivity index (χ2n) is 7.45. The molecule has 0 saturated carbocycles. The van der Waals surface area contributed by atoms with Gasteiger partial charge in [-0.05, 0) is 39.9 Å². The van der Waals surface area contributed by atoms with Gasteiger partial charge in [0.15, 0.2) is 0 Å². The molecule has 0 aliphatic heterocycles. The first-order chi connectivity index (χ1) is 15.6. The molecule has 3 N–H and O–H groups in total. The maximum atomic E-state index is 12.2. The summed E-state index contributed by atoms with van der Waals surface area (Å²) in [5, 5.41) is 2.72. The zero-order chi connectivity index (χ0) is 22.5. The first-order valence-corrected chi connectivity index (χ1v) is 10.3. The fourth-order valence-electron chi connectivity index (χ4n) is 3.97. The van der Waals surface area contributed by atoms with Gasteiger partial charge in [-0.3, -0.25) is 0 Å². The standard InChI is InChI=1S/C26H24N2O4/c1-31-25(29)22-13-12-17(15-24(22)27)7-6-14-28-26(30)32-16-23-20-10-4-2-8-18(20)19-9-3-5-11-21(19)23/h2-13,15,23H,14,16,27H2,1H3,(H,28,30). The van der Waals surface area contributed by atoms with Gasteiger partial charge in [-0.15, -0.1) is 0 Å². The van der Waals surface area contributed by atoms with E-state index in [0.717, 1.165) is 5.56 Å². The minimum absolute atomic E-state index is 0.0278. The molecule has 0 atom stereocenters. The van der Waals surface area contributed by atoms with Crippen molar-refractivity contribution in [1.29, 1.82) is 0 Å². The topological polar surface area (TPSA) is 90.6 Å². The Hall–Kier alpha value is -4.06. The summed E-state index contributed by atoms with van der Waals surface area (Å²) in [6.45, 7) is 0.574. The van der Waals surface area contributed by atoms with Crippen LogP contribution in [0.1, 0.15) is 33.0 Å². The maximum Gasteiger partial charge on any atom is 0.407 e. The van der Waals surface area contributed by atoms with Crippen LogP contribution >= 0.6 is 0 Å². The van der Waals surface area contributed by atoms with Crippen molar-refractivity contribution in [3.8, 4) is 11.1 Å². The molecule has 3 aromatic carbocycles. The Bertz CT molecular complexity index is 1140. The fraction of sp³-hybridized carbons (Fsp3) is 0.154. The van der Waals surface area contributed by atoms with Crippen molar-refractivity contribution >= 4 is 23.8 Å². The zero-order valence-corrected chi connectivity index (χ0v) is 17.7. The molecule has 1 amide bonds. The van der Waals surface area contributed by atoms with E-state index in [1.165, 1.54) is 29.4 Å². The lowest BCUT2D eigenvalue weighted by atomic mass is 9.98. The molecule has 0 heterocycles. The molecule has 0 unspecified atom stereocenters. The van der Waals surface area contributed by atoms with Crippen molar-refractivity contribution in [2.45, 2.75) is 5.92 Å². The van der Waals surface area contributed by atoms with Crippen LogP contribution in [0.3, 0.4) is 0 Å². The van der Waals surface area contributed by atoms with Crippen LogP contribution in [0, 0.1) is 0 Å². The molecule has 0 spiro atoms. The molecule has 3 aromatic rings. The van der Waals surface area contributed by atoms with Gasteiger partial charge in [0.05, 0.1) is 12.7 Å². The summed E-state index contributed by atoms with van der Waals surface area (Å²) in [6, 6.07) is 21.5. The molecule has 0 fully saturated rings. The van der Waals surface area contributed by atoms with Gasteiger partial charge in [0, 0.05) is 18.2 Å². The molecule has 32 heavy (non-hydrogen) atoms. The molecular weight excluding hydrogens is 404 g/mol. The number of benzene rings is 3. The van der Waals surface area contributed by atoms with Crippen LogP contribution in [0.2, 0.25) is 0 Å². The normalized spacial score (nSPS) is 12.3. The van der Waals surface area contributed by atoms with E-state index in [9.17, 15) is 9.59 Å². The summed E-state index contributed by atoms with van der Waals surface area (Å²) in [5.41, 5.74) is 12.1. The fourth-order valence-corrected chi connectivity index (χ4v) is 3.97. The number of nitrogen functional groups attached to an aromatic ring is 1. The van der Waals surface area contributed by atoms with Crippen LogP contribution in [0.5, 0.6) is 0 Å². The predicted octanol–water partition coefficient (Wildman–Crippen LogP) is 4.61. The van der Waals surface area contributed by atoms with E-state index in [1.54, 1.807) is 30.4 Å². The molecule has 4 rings (SSSR count). The highest BCUT2D eigenvalue weighted by atomic mass is 16.5. The highest BCUT2D eigenvalue weighted by molar-refractivity contribution is 5.95. The zero-order valence-electron chi connectivity index (χ0n) is 17.7. The number of amides is 1. The number of rotatable bonds is 6. The van der Waals surface area contributed by atoms with Gasteiger partial charge in [-0.1, -0.05) is 66.7 Å².